The highest BCUT2D eigenvalue weighted by atomic mass is 16.1. The van der Waals surface area contributed by atoms with Gasteiger partial charge < -0.3 is 0 Å². The van der Waals surface area contributed by atoms with Crippen molar-refractivity contribution in [1.29, 1.82) is 0 Å². The zero-order chi connectivity index (χ0) is 14.7. The molecule has 2 nitrogen and oxygen atoms in total. The number of benzene rings is 2. The lowest BCUT2D eigenvalue weighted by Gasteiger charge is -2.09. The summed E-state index contributed by atoms with van der Waals surface area (Å²) in [4.78, 5) is 17.2. The molecule has 0 radical (unpaired) electrons. The van der Waals surface area contributed by atoms with E-state index in [1.165, 1.54) is 0 Å². The van der Waals surface area contributed by atoms with Crippen molar-refractivity contribution in [1.82, 2.24) is 4.98 Å². The molecule has 1 aromatic heterocycles. The normalized spacial score (nSPS) is 10.3. The van der Waals surface area contributed by atoms with E-state index < -0.39 is 0 Å². The first-order valence-corrected chi connectivity index (χ1v) is 6.88. The Morgan fingerprint density at radius 3 is 2.19 bits per heavy atom. The second kappa shape index (κ2) is 5.71. The van der Waals surface area contributed by atoms with E-state index in [0.29, 0.717) is 5.56 Å². The molecular weight excluding hydrogens is 258 g/mol. The molecule has 0 unspecified atom stereocenters. The van der Waals surface area contributed by atoms with Crippen molar-refractivity contribution in [3.05, 3.63) is 89.6 Å². The summed E-state index contributed by atoms with van der Waals surface area (Å²) >= 11 is 0. The topological polar surface area (TPSA) is 30.0 Å². The van der Waals surface area contributed by atoms with E-state index >= 15 is 0 Å². The van der Waals surface area contributed by atoms with Gasteiger partial charge in [0, 0.05) is 22.9 Å². The molecule has 0 atom stereocenters. The van der Waals surface area contributed by atoms with Crippen LogP contribution >= 0.6 is 0 Å². The Balaban J connectivity index is 2.12. The summed E-state index contributed by atoms with van der Waals surface area (Å²) in [5.41, 5.74) is 4.09. The number of nitrogens with zero attached hydrogens (tertiary/aromatic N) is 1. The maximum atomic E-state index is 12.8. The fourth-order valence-electron chi connectivity index (χ4n) is 2.40. The molecule has 0 aliphatic heterocycles. The molecule has 2 heteroatoms. The number of rotatable bonds is 3. The lowest BCUT2D eigenvalue weighted by Crippen LogP contribution is -2.05. The summed E-state index contributed by atoms with van der Waals surface area (Å²) in [5.74, 6) is 0.0364. The molecule has 0 aliphatic rings. The molecule has 0 bridgehead atoms. The van der Waals surface area contributed by atoms with Gasteiger partial charge >= 0.3 is 0 Å². The molecule has 3 aromatic rings. The van der Waals surface area contributed by atoms with E-state index in [9.17, 15) is 4.79 Å². The number of pyridine rings is 1. The first-order chi connectivity index (χ1) is 10.3. The third-order valence-electron chi connectivity index (χ3n) is 3.50. The number of aromatic nitrogens is 1. The minimum Gasteiger partial charge on any atom is -0.289 e. The van der Waals surface area contributed by atoms with Gasteiger partial charge in [-0.05, 0) is 24.6 Å². The summed E-state index contributed by atoms with van der Waals surface area (Å²) in [6, 6.07) is 21.0. The number of ketones is 1. The van der Waals surface area contributed by atoms with Gasteiger partial charge in [0.2, 0.25) is 0 Å². The summed E-state index contributed by atoms with van der Waals surface area (Å²) in [6.07, 6.45) is 1.74. The van der Waals surface area contributed by atoms with E-state index in [4.69, 9.17) is 0 Å². The molecule has 0 spiro atoms. The Labute approximate surface area is 124 Å². The first-order valence-electron chi connectivity index (χ1n) is 6.88. The van der Waals surface area contributed by atoms with Crippen LogP contribution in [0.15, 0.2) is 72.9 Å². The molecule has 0 saturated heterocycles. The van der Waals surface area contributed by atoms with Crippen LogP contribution in [-0.2, 0) is 0 Å². The predicted octanol–water partition coefficient (Wildman–Crippen LogP) is 4.29. The Morgan fingerprint density at radius 2 is 1.48 bits per heavy atom. The lowest BCUT2D eigenvalue weighted by atomic mass is 9.94. The van der Waals surface area contributed by atoms with Gasteiger partial charge in [0.25, 0.3) is 0 Å². The molecule has 21 heavy (non-hydrogen) atoms. The molecular formula is C19H15NO. The Morgan fingerprint density at radius 1 is 0.810 bits per heavy atom. The van der Waals surface area contributed by atoms with E-state index in [-0.39, 0.29) is 5.78 Å². The van der Waals surface area contributed by atoms with Crippen molar-refractivity contribution in [3.63, 3.8) is 0 Å². The molecule has 0 N–H and O–H groups in total. The van der Waals surface area contributed by atoms with Gasteiger partial charge in [0.1, 0.15) is 0 Å². The first kappa shape index (κ1) is 13.3. The quantitative estimate of drug-likeness (QED) is 0.666. The van der Waals surface area contributed by atoms with Crippen molar-refractivity contribution in [2.45, 2.75) is 6.92 Å². The molecule has 102 valence electrons. The van der Waals surface area contributed by atoms with Gasteiger partial charge in [0.05, 0.1) is 5.69 Å². The SMILES string of the molecule is Cc1ccccc1C(=O)c1ccccc1-c1ccccn1. The molecule has 0 aliphatic carbocycles. The monoisotopic (exact) mass is 273 g/mol. The van der Waals surface area contributed by atoms with Crippen LogP contribution in [0.2, 0.25) is 0 Å². The van der Waals surface area contributed by atoms with Crippen LogP contribution in [0.1, 0.15) is 21.5 Å². The van der Waals surface area contributed by atoms with Crippen molar-refractivity contribution in [3.8, 4) is 11.3 Å². The highest BCUT2D eigenvalue weighted by Crippen LogP contribution is 2.24. The van der Waals surface area contributed by atoms with Crippen LogP contribution in [-0.4, -0.2) is 10.8 Å². The maximum Gasteiger partial charge on any atom is 0.193 e. The Bertz CT molecular complexity index is 778. The number of aryl methyl sites for hydroxylation is 1. The van der Waals surface area contributed by atoms with Crippen LogP contribution in [0.3, 0.4) is 0 Å². The minimum absolute atomic E-state index is 0.0364. The molecule has 0 amide bonds. The third-order valence-corrected chi connectivity index (χ3v) is 3.50. The Kier molecular flexibility index (Phi) is 3.61. The van der Waals surface area contributed by atoms with E-state index in [0.717, 1.165) is 22.4 Å². The summed E-state index contributed by atoms with van der Waals surface area (Å²) in [5, 5.41) is 0. The van der Waals surface area contributed by atoms with Crippen LogP contribution in [0, 0.1) is 6.92 Å². The lowest BCUT2D eigenvalue weighted by molar-refractivity contribution is 0.103. The average molecular weight is 273 g/mol. The second-order valence-corrected chi connectivity index (χ2v) is 4.90. The van der Waals surface area contributed by atoms with Gasteiger partial charge in [-0.25, -0.2) is 0 Å². The molecule has 0 saturated carbocycles. The third kappa shape index (κ3) is 2.61. The van der Waals surface area contributed by atoms with Gasteiger partial charge in [-0.3, -0.25) is 9.78 Å². The zero-order valence-electron chi connectivity index (χ0n) is 11.8. The van der Waals surface area contributed by atoms with E-state index in [1.54, 1.807) is 6.20 Å². The van der Waals surface area contributed by atoms with Gasteiger partial charge in [-0.1, -0.05) is 54.6 Å². The number of carbonyl (C=O) groups is 1. The summed E-state index contributed by atoms with van der Waals surface area (Å²) in [6.45, 7) is 1.95. The number of hydrogen-bond donors (Lipinski definition) is 0. The molecule has 1 heterocycles. The predicted molar refractivity (Wildman–Crippen MR) is 84.3 cm³/mol. The average Bonchev–Trinajstić information content (AvgIpc) is 2.55. The van der Waals surface area contributed by atoms with Crippen LogP contribution < -0.4 is 0 Å². The van der Waals surface area contributed by atoms with Crippen molar-refractivity contribution in [2.75, 3.05) is 0 Å². The van der Waals surface area contributed by atoms with Crippen LogP contribution in [0.4, 0.5) is 0 Å². The smallest absolute Gasteiger partial charge is 0.193 e. The second-order valence-electron chi connectivity index (χ2n) is 4.90. The van der Waals surface area contributed by atoms with Gasteiger partial charge in [0.15, 0.2) is 5.78 Å². The molecule has 3 rings (SSSR count). The minimum atomic E-state index is 0.0364. The number of hydrogen-bond acceptors (Lipinski definition) is 2. The van der Waals surface area contributed by atoms with Crippen LogP contribution in [0.5, 0.6) is 0 Å². The number of carbonyl (C=O) groups excluding carboxylic acids is 1. The van der Waals surface area contributed by atoms with E-state index in [1.807, 2.05) is 73.7 Å². The summed E-state index contributed by atoms with van der Waals surface area (Å²) < 4.78 is 0. The Hall–Kier alpha value is -2.74. The van der Waals surface area contributed by atoms with Crippen molar-refractivity contribution in [2.24, 2.45) is 0 Å². The van der Waals surface area contributed by atoms with E-state index in [2.05, 4.69) is 4.98 Å². The standard InChI is InChI=1S/C19H15NO/c1-14-8-2-3-9-15(14)19(21)17-11-5-4-10-16(17)18-12-6-7-13-20-18/h2-13H,1H3. The maximum absolute atomic E-state index is 12.8. The van der Waals surface area contributed by atoms with Crippen molar-refractivity contribution < 1.29 is 4.79 Å². The largest absolute Gasteiger partial charge is 0.289 e. The highest BCUT2D eigenvalue weighted by Gasteiger charge is 2.16. The fourth-order valence-corrected chi connectivity index (χ4v) is 2.40. The highest BCUT2D eigenvalue weighted by molar-refractivity contribution is 6.13. The molecule has 2 aromatic carbocycles. The fraction of sp³-hybridized carbons (Fsp3) is 0.0526. The van der Waals surface area contributed by atoms with Gasteiger partial charge in [-0.15, -0.1) is 0 Å². The van der Waals surface area contributed by atoms with Crippen LogP contribution in [0.25, 0.3) is 11.3 Å². The zero-order valence-corrected chi connectivity index (χ0v) is 11.8. The van der Waals surface area contributed by atoms with Gasteiger partial charge in [-0.2, -0.15) is 0 Å². The molecule has 0 fully saturated rings. The van der Waals surface area contributed by atoms with Crippen molar-refractivity contribution >= 4 is 5.78 Å². The summed E-state index contributed by atoms with van der Waals surface area (Å²) in [7, 11) is 0.